The Labute approximate surface area is 96.8 Å². The predicted octanol–water partition coefficient (Wildman–Crippen LogP) is 2.91. The van der Waals surface area contributed by atoms with Gasteiger partial charge in [0.05, 0.1) is 0 Å². The average molecular weight is 217 g/mol. The number of hydrogen-bond donors (Lipinski definition) is 1. The van der Waals surface area contributed by atoms with E-state index in [1.54, 1.807) is 0 Å². The maximum Gasteiger partial charge on any atom is 0.163 e. The molecule has 0 amide bonds. The third kappa shape index (κ3) is 2.70. The average Bonchev–Trinajstić information content (AvgIpc) is 2.82. The molecular formula is C14H19NO. The molecule has 1 aliphatic carbocycles. The molecule has 1 saturated carbocycles. The summed E-state index contributed by atoms with van der Waals surface area (Å²) >= 11 is 0. The van der Waals surface area contributed by atoms with Crippen LogP contribution >= 0.6 is 0 Å². The first-order valence-electron chi connectivity index (χ1n) is 6.12. The van der Waals surface area contributed by atoms with Gasteiger partial charge in [-0.3, -0.25) is 4.79 Å². The lowest BCUT2D eigenvalue weighted by Crippen LogP contribution is -2.06. The first-order valence-corrected chi connectivity index (χ1v) is 6.12. The maximum atomic E-state index is 12.0. The van der Waals surface area contributed by atoms with Crippen molar-refractivity contribution in [1.29, 1.82) is 0 Å². The number of benzene rings is 1. The van der Waals surface area contributed by atoms with Crippen molar-refractivity contribution in [2.45, 2.75) is 38.6 Å². The summed E-state index contributed by atoms with van der Waals surface area (Å²) in [5.41, 5.74) is 7.44. The fraction of sp³-hybridized carbons (Fsp3) is 0.500. The Morgan fingerprint density at radius 3 is 2.38 bits per heavy atom. The SMILES string of the molecule is NCc1ccc(C(=O)CC2CCCC2)cc1. The van der Waals surface area contributed by atoms with Crippen molar-refractivity contribution in [3.8, 4) is 0 Å². The molecule has 0 aromatic heterocycles. The topological polar surface area (TPSA) is 43.1 Å². The van der Waals surface area contributed by atoms with Crippen molar-refractivity contribution in [2.24, 2.45) is 11.7 Å². The van der Waals surface area contributed by atoms with Crippen molar-refractivity contribution >= 4 is 5.78 Å². The van der Waals surface area contributed by atoms with E-state index in [-0.39, 0.29) is 5.78 Å². The molecule has 86 valence electrons. The largest absolute Gasteiger partial charge is 0.326 e. The molecule has 0 unspecified atom stereocenters. The van der Waals surface area contributed by atoms with Gasteiger partial charge in [-0.15, -0.1) is 0 Å². The summed E-state index contributed by atoms with van der Waals surface area (Å²) < 4.78 is 0. The summed E-state index contributed by atoms with van der Waals surface area (Å²) in [6, 6.07) is 7.70. The van der Waals surface area contributed by atoms with Gasteiger partial charge in [0.15, 0.2) is 5.78 Å². The Morgan fingerprint density at radius 1 is 1.19 bits per heavy atom. The third-order valence-electron chi connectivity index (χ3n) is 3.46. The van der Waals surface area contributed by atoms with E-state index in [4.69, 9.17) is 5.73 Å². The van der Waals surface area contributed by atoms with E-state index in [0.717, 1.165) is 17.5 Å². The monoisotopic (exact) mass is 217 g/mol. The molecule has 2 N–H and O–H groups in total. The van der Waals surface area contributed by atoms with Crippen LogP contribution in [0.5, 0.6) is 0 Å². The second-order valence-electron chi connectivity index (χ2n) is 4.68. The zero-order valence-electron chi connectivity index (χ0n) is 9.61. The predicted molar refractivity (Wildman–Crippen MR) is 65.2 cm³/mol. The van der Waals surface area contributed by atoms with E-state index >= 15 is 0 Å². The number of rotatable bonds is 4. The van der Waals surface area contributed by atoms with Crippen LogP contribution in [0, 0.1) is 5.92 Å². The van der Waals surface area contributed by atoms with Gasteiger partial charge >= 0.3 is 0 Å². The lowest BCUT2D eigenvalue weighted by atomic mass is 9.96. The lowest BCUT2D eigenvalue weighted by molar-refractivity contribution is 0.0962. The molecule has 0 saturated heterocycles. The molecule has 2 heteroatoms. The summed E-state index contributed by atoms with van der Waals surface area (Å²) in [6.07, 6.45) is 5.77. The minimum atomic E-state index is 0.287. The minimum Gasteiger partial charge on any atom is -0.326 e. The van der Waals surface area contributed by atoms with Gasteiger partial charge in [0.25, 0.3) is 0 Å². The van der Waals surface area contributed by atoms with Gasteiger partial charge in [-0.2, -0.15) is 0 Å². The van der Waals surface area contributed by atoms with Crippen molar-refractivity contribution in [1.82, 2.24) is 0 Å². The summed E-state index contributed by atoms with van der Waals surface area (Å²) in [4.78, 5) is 12.0. The molecular weight excluding hydrogens is 198 g/mol. The van der Waals surface area contributed by atoms with Crippen molar-refractivity contribution in [3.63, 3.8) is 0 Å². The Kier molecular flexibility index (Phi) is 3.73. The molecule has 2 rings (SSSR count). The van der Waals surface area contributed by atoms with Crippen LogP contribution in [0.3, 0.4) is 0 Å². The van der Waals surface area contributed by atoms with Crippen LogP contribution in [0.15, 0.2) is 24.3 Å². The van der Waals surface area contributed by atoms with E-state index in [2.05, 4.69) is 0 Å². The fourth-order valence-corrected chi connectivity index (χ4v) is 2.42. The van der Waals surface area contributed by atoms with Crippen molar-refractivity contribution in [2.75, 3.05) is 0 Å². The Hall–Kier alpha value is -1.15. The summed E-state index contributed by atoms with van der Waals surface area (Å²) in [6.45, 7) is 0.539. The lowest BCUT2D eigenvalue weighted by Gasteiger charge is -2.07. The quantitative estimate of drug-likeness (QED) is 0.788. The van der Waals surface area contributed by atoms with Gasteiger partial charge in [-0.05, 0) is 11.5 Å². The molecule has 0 aliphatic heterocycles. The highest BCUT2D eigenvalue weighted by atomic mass is 16.1. The van der Waals surface area contributed by atoms with E-state index in [1.807, 2.05) is 24.3 Å². The van der Waals surface area contributed by atoms with Gasteiger partial charge in [0.1, 0.15) is 0 Å². The highest BCUT2D eigenvalue weighted by Crippen LogP contribution is 2.28. The Bertz CT molecular complexity index is 350. The third-order valence-corrected chi connectivity index (χ3v) is 3.46. The first kappa shape index (κ1) is 11.3. The van der Waals surface area contributed by atoms with E-state index in [1.165, 1.54) is 25.7 Å². The van der Waals surface area contributed by atoms with Gasteiger partial charge in [-0.1, -0.05) is 49.9 Å². The zero-order chi connectivity index (χ0) is 11.4. The van der Waals surface area contributed by atoms with Gasteiger partial charge in [-0.25, -0.2) is 0 Å². The molecule has 16 heavy (non-hydrogen) atoms. The van der Waals surface area contributed by atoms with Crippen molar-refractivity contribution < 1.29 is 4.79 Å². The van der Waals surface area contributed by atoms with Crippen LogP contribution in [0.2, 0.25) is 0 Å². The molecule has 0 spiro atoms. The van der Waals surface area contributed by atoms with Crippen LogP contribution in [-0.4, -0.2) is 5.78 Å². The second-order valence-corrected chi connectivity index (χ2v) is 4.68. The van der Waals surface area contributed by atoms with Crippen LogP contribution < -0.4 is 5.73 Å². The Balaban J connectivity index is 1.97. The van der Waals surface area contributed by atoms with E-state index in [9.17, 15) is 4.79 Å². The van der Waals surface area contributed by atoms with Gasteiger partial charge in [0, 0.05) is 18.5 Å². The number of hydrogen-bond acceptors (Lipinski definition) is 2. The highest BCUT2D eigenvalue weighted by molar-refractivity contribution is 5.96. The number of Topliss-reactive ketones (excluding diaryl/α,β-unsaturated/α-hetero) is 1. The summed E-state index contributed by atoms with van der Waals surface area (Å²) in [5.74, 6) is 0.914. The molecule has 1 aromatic carbocycles. The minimum absolute atomic E-state index is 0.287. The molecule has 1 aromatic rings. The molecule has 0 heterocycles. The van der Waals surface area contributed by atoms with E-state index < -0.39 is 0 Å². The molecule has 0 bridgehead atoms. The first-order chi connectivity index (χ1) is 7.79. The smallest absolute Gasteiger partial charge is 0.163 e. The highest BCUT2D eigenvalue weighted by Gasteiger charge is 2.18. The van der Waals surface area contributed by atoms with Crippen LogP contribution in [0.25, 0.3) is 0 Å². The second kappa shape index (κ2) is 5.26. The van der Waals surface area contributed by atoms with E-state index in [0.29, 0.717) is 12.5 Å². The molecule has 1 aliphatic rings. The standard InChI is InChI=1S/C14H19NO/c15-10-12-5-7-13(8-6-12)14(16)9-11-3-1-2-4-11/h5-8,11H,1-4,9-10,15H2. The van der Waals surface area contributed by atoms with Crippen molar-refractivity contribution in [3.05, 3.63) is 35.4 Å². The van der Waals surface area contributed by atoms with Crippen LogP contribution in [-0.2, 0) is 6.54 Å². The van der Waals surface area contributed by atoms with Crippen LogP contribution in [0.1, 0.15) is 48.0 Å². The normalized spacial score (nSPS) is 16.6. The number of carbonyl (C=O) groups excluding carboxylic acids is 1. The van der Waals surface area contributed by atoms with Crippen LogP contribution in [0.4, 0.5) is 0 Å². The fourth-order valence-electron chi connectivity index (χ4n) is 2.42. The van der Waals surface area contributed by atoms with Gasteiger partial charge < -0.3 is 5.73 Å². The molecule has 1 fully saturated rings. The number of carbonyl (C=O) groups is 1. The molecule has 0 radical (unpaired) electrons. The molecule has 0 atom stereocenters. The summed E-state index contributed by atoms with van der Waals surface area (Å²) in [5, 5.41) is 0. The maximum absolute atomic E-state index is 12.0. The zero-order valence-corrected chi connectivity index (χ0v) is 9.61. The summed E-state index contributed by atoms with van der Waals surface area (Å²) in [7, 11) is 0. The van der Waals surface area contributed by atoms with Gasteiger partial charge in [0.2, 0.25) is 0 Å². The molecule has 2 nitrogen and oxygen atoms in total. The number of nitrogens with two attached hydrogens (primary N) is 1. The number of ketones is 1. The Morgan fingerprint density at radius 2 is 1.81 bits per heavy atom.